The molecule has 5 rings (SSSR count). The van der Waals surface area contributed by atoms with Gasteiger partial charge in [-0.1, -0.05) is 72.8 Å². The molecule has 1 aromatic heterocycles. The van der Waals surface area contributed by atoms with Crippen molar-refractivity contribution in [2.24, 2.45) is 5.73 Å². The number of nitrogen functional groups attached to an aromatic ring is 1. The molecule has 1 atom stereocenters. The predicted octanol–water partition coefficient (Wildman–Crippen LogP) is 6.10. The van der Waals surface area contributed by atoms with Gasteiger partial charge in [0.2, 0.25) is 6.10 Å². The highest BCUT2D eigenvalue weighted by molar-refractivity contribution is 7.20. The summed E-state index contributed by atoms with van der Waals surface area (Å²) >= 11 is 1.42. The number of fused-ring (bicyclic) bond motifs is 2. The van der Waals surface area contributed by atoms with Crippen LogP contribution in [0.1, 0.15) is 16.5 Å². The number of nitrogens with two attached hydrogens (primary N) is 1. The van der Waals surface area contributed by atoms with Crippen LogP contribution in [0.5, 0.6) is 5.75 Å². The molecule has 0 spiro atoms. The molecule has 0 aliphatic rings. The fourth-order valence-electron chi connectivity index (χ4n) is 3.83. The minimum absolute atomic E-state index is 0.00968. The third-order valence-electron chi connectivity index (χ3n) is 5.42. The highest BCUT2D eigenvalue weighted by atomic mass is 32.1. The van der Waals surface area contributed by atoms with E-state index in [2.05, 4.69) is 5.32 Å². The Morgan fingerprint density at radius 3 is 2.42 bits per heavy atom. The average Bonchev–Trinajstić information content (AvgIpc) is 3.29. The normalized spacial score (nSPS) is 11.9. The first-order valence-corrected chi connectivity index (χ1v) is 11.3. The highest BCUT2D eigenvalue weighted by Crippen LogP contribution is 2.35. The topological polar surface area (TPSA) is 88.2 Å². The van der Waals surface area contributed by atoms with Gasteiger partial charge in [-0.25, -0.2) is 0 Å². The Kier molecular flexibility index (Phi) is 5.50. The summed E-state index contributed by atoms with van der Waals surface area (Å²) in [7, 11) is 0. The lowest BCUT2D eigenvalue weighted by Gasteiger charge is -2.20. The van der Waals surface area contributed by atoms with Gasteiger partial charge in [-0.05, 0) is 29.7 Å². The molecule has 4 N–H and O–H groups in total. The van der Waals surface area contributed by atoms with Crippen LogP contribution in [0.2, 0.25) is 0 Å². The van der Waals surface area contributed by atoms with Crippen LogP contribution in [0.15, 0.2) is 97.1 Å². The maximum absolute atomic E-state index is 13.5. The zero-order valence-corrected chi connectivity index (χ0v) is 18.4. The fourth-order valence-corrected chi connectivity index (χ4v) is 4.77. The van der Waals surface area contributed by atoms with Crippen molar-refractivity contribution >= 4 is 49.6 Å². The van der Waals surface area contributed by atoms with Gasteiger partial charge in [-0.15, -0.1) is 11.3 Å². The molecule has 0 fully saturated rings. The number of hydrogen-bond donors (Lipinski definition) is 3. The largest absolute Gasteiger partial charge is 0.475 e. The number of amides is 1. The molecule has 0 aliphatic heterocycles. The van der Waals surface area contributed by atoms with E-state index >= 15 is 0 Å². The molecule has 1 heterocycles. The number of anilines is 1. The van der Waals surface area contributed by atoms with Gasteiger partial charge in [-0.3, -0.25) is 10.2 Å². The molecular weight excluding hydrogens is 430 g/mol. The molecule has 162 valence electrons. The van der Waals surface area contributed by atoms with E-state index in [0.29, 0.717) is 10.6 Å². The second kappa shape index (κ2) is 8.76. The smallest absolute Gasteiger partial charge is 0.270 e. The van der Waals surface area contributed by atoms with Crippen molar-refractivity contribution in [1.82, 2.24) is 0 Å². The van der Waals surface area contributed by atoms with Crippen LogP contribution in [0.4, 0.5) is 5.69 Å². The van der Waals surface area contributed by atoms with Crippen molar-refractivity contribution in [1.29, 1.82) is 5.41 Å². The molecular formula is C27H21N3O2S. The average molecular weight is 452 g/mol. The Labute approximate surface area is 194 Å². The van der Waals surface area contributed by atoms with Crippen LogP contribution < -0.4 is 15.8 Å². The Morgan fingerprint density at radius 2 is 1.61 bits per heavy atom. The van der Waals surface area contributed by atoms with Crippen LogP contribution in [0.3, 0.4) is 0 Å². The fraction of sp³-hybridized carbons (Fsp3) is 0.0370. The quantitative estimate of drug-likeness (QED) is 0.215. The van der Waals surface area contributed by atoms with Gasteiger partial charge in [0.25, 0.3) is 5.91 Å². The lowest BCUT2D eigenvalue weighted by molar-refractivity contribution is -0.123. The minimum atomic E-state index is -0.864. The van der Waals surface area contributed by atoms with E-state index in [0.717, 1.165) is 32.1 Å². The summed E-state index contributed by atoms with van der Waals surface area (Å²) < 4.78 is 7.28. The first-order valence-electron chi connectivity index (χ1n) is 10.5. The van der Waals surface area contributed by atoms with E-state index < -0.39 is 6.10 Å². The van der Waals surface area contributed by atoms with Crippen LogP contribution in [-0.4, -0.2) is 11.7 Å². The maximum atomic E-state index is 13.5. The Bertz CT molecular complexity index is 1470. The molecule has 0 bridgehead atoms. The van der Waals surface area contributed by atoms with E-state index in [4.69, 9.17) is 15.9 Å². The zero-order valence-electron chi connectivity index (χ0n) is 17.6. The number of carbonyl (C=O) groups excluding carboxylic acids is 1. The van der Waals surface area contributed by atoms with Crippen LogP contribution >= 0.6 is 11.3 Å². The molecule has 5 aromatic rings. The summed E-state index contributed by atoms with van der Waals surface area (Å²) in [6.45, 7) is 0. The third kappa shape index (κ3) is 4.16. The minimum Gasteiger partial charge on any atom is -0.475 e. The summed E-state index contributed by atoms with van der Waals surface area (Å²) in [5.74, 6) is 0.310. The Balaban J connectivity index is 1.53. The third-order valence-corrected chi connectivity index (χ3v) is 6.55. The van der Waals surface area contributed by atoms with Crippen molar-refractivity contribution < 1.29 is 9.53 Å². The molecule has 0 saturated carbocycles. The number of carbonyl (C=O) groups is 1. The molecule has 4 aromatic carbocycles. The second-order valence-electron chi connectivity index (χ2n) is 7.62. The van der Waals surface area contributed by atoms with Crippen molar-refractivity contribution in [3.05, 3.63) is 108 Å². The van der Waals surface area contributed by atoms with Gasteiger partial charge in [0.1, 0.15) is 11.6 Å². The number of rotatable bonds is 6. The van der Waals surface area contributed by atoms with Crippen molar-refractivity contribution in [2.75, 3.05) is 5.32 Å². The van der Waals surface area contributed by atoms with E-state index in [1.165, 1.54) is 11.3 Å². The lowest BCUT2D eigenvalue weighted by Crippen LogP contribution is -2.25. The molecule has 6 heteroatoms. The summed E-state index contributed by atoms with van der Waals surface area (Å²) in [6.07, 6.45) is -0.864. The van der Waals surface area contributed by atoms with E-state index in [1.807, 2.05) is 97.1 Å². The van der Waals surface area contributed by atoms with Crippen LogP contribution in [-0.2, 0) is 4.79 Å². The Hall–Kier alpha value is -4.16. The second-order valence-corrected chi connectivity index (χ2v) is 8.70. The van der Waals surface area contributed by atoms with Gasteiger partial charge in [-0.2, -0.15) is 0 Å². The molecule has 0 saturated heterocycles. The van der Waals surface area contributed by atoms with Gasteiger partial charge >= 0.3 is 0 Å². The standard InChI is InChI=1S/C27H21N3O2S/c28-26(29)24-16-20-22(14-7-15-23(20)33-24)32-25(18-9-2-1-3-10-18)27(31)30-21-13-6-11-17-8-4-5-12-19(17)21/h1-16,25H,(H3,28,29)(H,30,31). The number of benzene rings is 4. The molecule has 1 unspecified atom stereocenters. The van der Waals surface area contributed by atoms with E-state index in [1.54, 1.807) is 0 Å². The van der Waals surface area contributed by atoms with Crippen molar-refractivity contribution in [3.8, 4) is 5.75 Å². The van der Waals surface area contributed by atoms with Crippen molar-refractivity contribution in [3.63, 3.8) is 0 Å². The zero-order chi connectivity index (χ0) is 22.8. The summed E-state index contributed by atoms with van der Waals surface area (Å²) in [5.41, 5.74) is 7.16. The van der Waals surface area contributed by atoms with E-state index in [-0.39, 0.29) is 11.7 Å². The number of ether oxygens (including phenoxy) is 1. The molecule has 0 aliphatic carbocycles. The Morgan fingerprint density at radius 1 is 0.879 bits per heavy atom. The molecule has 0 radical (unpaired) electrons. The van der Waals surface area contributed by atoms with Crippen LogP contribution in [0.25, 0.3) is 20.9 Å². The lowest BCUT2D eigenvalue weighted by atomic mass is 10.1. The first-order chi connectivity index (χ1) is 16.1. The van der Waals surface area contributed by atoms with Gasteiger partial charge < -0.3 is 15.8 Å². The SMILES string of the molecule is N=C(N)c1cc2c(OC(C(=O)Nc3cccc4ccccc34)c3ccccc3)cccc2s1. The summed E-state index contributed by atoms with van der Waals surface area (Å²) in [5, 5.41) is 13.7. The highest BCUT2D eigenvalue weighted by Gasteiger charge is 2.24. The number of amidine groups is 1. The van der Waals surface area contributed by atoms with E-state index in [9.17, 15) is 4.79 Å². The van der Waals surface area contributed by atoms with Gasteiger partial charge in [0.05, 0.1) is 4.88 Å². The summed E-state index contributed by atoms with van der Waals surface area (Å²) in [6, 6.07) is 30.7. The summed E-state index contributed by atoms with van der Waals surface area (Å²) in [4.78, 5) is 14.2. The molecule has 33 heavy (non-hydrogen) atoms. The number of hydrogen-bond acceptors (Lipinski definition) is 4. The first kappa shape index (κ1) is 20.7. The predicted molar refractivity (Wildman–Crippen MR) is 135 cm³/mol. The monoisotopic (exact) mass is 451 g/mol. The van der Waals surface area contributed by atoms with Crippen molar-refractivity contribution in [2.45, 2.75) is 6.10 Å². The molecule has 5 nitrogen and oxygen atoms in total. The number of thiophene rings is 1. The number of nitrogens with one attached hydrogen (secondary N) is 2. The maximum Gasteiger partial charge on any atom is 0.270 e. The van der Waals surface area contributed by atoms with Gasteiger partial charge in [0.15, 0.2) is 0 Å². The molecule has 1 amide bonds. The van der Waals surface area contributed by atoms with Gasteiger partial charge in [0, 0.05) is 26.7 Å². The van der Waals surface area contributed by atoms with Crippen LogP contribution in [0, 0.1) is 5.41 Å².